The number of fused-ring (bicyclic) bond motifs is 1. The van der Waals surface area contributed by atoms with Crippen molar-refractivity contribution in [1.29, 1.82) is 0 Å². The summed E-state index contributed by atoms with van der Waals surface area (Å²) >= 11 is 11.8. The van der Waals surface area contributed by atoms with Crippen LogP contribution in [0.15, 0.2) is 36.4 Å². The summed E-state index contributed by atoms with van der Waals surface area (Å²) in [6, 6.07) is 9.97. The van der Waals surface area contributed by atoms with Crippen LogP contribution in [0.1, 0.15) is 29.3 Å². The molecular weight excluding hydrogens is 395 g/mol. The SMILES string of the molecule is CCS(=O)(=O)N1CCCc2ccc(NC(=O)c3ccc(Cl)c(Cl)c3)cc21. The number of carbonyl (C=O) groups is 1. The zero-order valence-corrected chi connectivity index (χ0v) is 16.5. The Morgan fingerprint density at radius 3 is 2.62 bits per heavy atom. The normalized spacial score (nSPS) is 14.0. The molecule has 26 heavy (non-hydrogen) atoms. The minimum Gasteiger partial charge on any atom is -0.322 e. The fourth-order valence-corrected chi connectivity index (χ4v) is 4.39. The Hall–Kier alpha value is -1.76. The van der Waals surface area contributed by atoms with Crippen molar-refractivity contribution in [2.45, 2.75) is 19.8 Å². The molecule has 2 aromatic carbocycles. The smallest absolute Gasteiger partial charge is 0.255 e. The quantitative estimate of drug-likeness (QED) is 0.811. The lowest BCUT2D eigenvalue weighted by molar-refractivity contribution is 0.102. The van der Waals surface area contributed by atoms with E-state index < -0.39 is 10.0 Å². The summed E-state index contributed by atoms with van der Waals surface area (Å²) in [6.07, 6.45) is 1.59. The molecule has 0 aromatic heterocycles. The van der Waals surface area contributed by atoms with Crippen LogP contribution in [0.4, 0.5) is 11.4 Å². The first kappa shape index (κ1) is 19.0. The van der Waals surface area contributed by atoms with Gasteiger partial charge in [0.1, 0.15) is 0 Å². The molecule has 8 heteroatoms. The van der Waals surface area contributed by atoms with Gasteiger partial charge in [-0.15, -0.1) is 0 Å². The van der Waals surface area contributed by atoms with Crippen molar-refractivity contribution in [2.24, 2.45) is 0 Å². The van der Waals surface area contributed by atoms with Crippen LogP contribution in [0.5, 0.6) is 0 Å². The average Bonchev–Trinajstić information content (AvgIpc) is 2.63. The first-order chi connectivity index (χ1) is 12.3. The summed E-state index contributed by atoms with van der Waals surface area (Å²) in [5.41, 5.74) is 2.49. The van der Waals surface area contributed by atoms with E-state index in [1.807, 2.05) is 6.07 Å². The van der Waals surface area contributed by atoms with Crippen molar-refractivity contribution >= 4 is 50.5 Å². The molecule has 0 saturated carbocycles. The number of sulfonamides is 1. The van der Waals surface area contributed by atoms with Crippen LogP contribution in [-0.2, 0) is 16.4 Å². The zero-order valence-electron chi connectivity index (χ0n) is 14.1. The van der Waals surface area contributed by atoms with Crippen LogP contribution in [0.25, 0.3) is 0 Å². The Balaban J connectivity index is 1.89. The first-order valence-corrected chi connectivity index (χ1v) is 10.6. The Morgan fingerprint density at radius 1 is 1.15 bits per heavy atom. The lowest BCUT2D eigenvalue weighted by Crippen LogP contribution is -2.36. The van der Waals surface area contributed by atoms with Crippen LogP contribution in [0.2, 0.25) is 10.0 Å². The molecule has 1 heterocycles. The van der Waals surface area contributed by atoms with Gasteiger partial charge in [0.05, 0.1) is 21.5 Å². The van der Waals surface area contributed by atoms with Crippen molar-refractivity contribution in [1.82, 2.24) is 0 Å². The molecule has 0 fully saturated rings. The van der Waals surface area contributed by atoms with Crippen LogP contribution in [-0.4, -0.2) is 26.6 Å². The van der Waals surface area contributed by atoms with E-state index in [0.29, 0.717) is 33.5 Å². The van der Waals surface area contributed by atoms with Gasteiger partial charge >= 0.3 is 0 Å². The minimum absolute atomic E-state index is 0.0340. The maximum Gasteiger partial charge on any atom is 0.255 e. The van der Waals surface area contributed by atoms with E-state index in [1.54, 1.807) is 31.2 Å². The van der Waals surface area contributed by atoms with Crippen molar-refractivity contribution in [3.05, 3.63) is 57.6 Å². The molecular formula is C18H18Cl2N2O3S. The molecule has 0 unspecified atom stereocenters. The maximum atomic E-state index is 12.4. The number of hydrogen-bond acceptors (Lipinski definition) is 3. The number of carbonyl (C=O) groups excluding carboxylic acids is 1. The topological polar surface area (TPSA) is 66.5 Å². The second-order valence-electron chi connectivity index (χ2n) is 6.00. The monoisotopic (exact) mass is 412 g/mol. The number of hydrogen-bond donors (Lipinski definition) is 1. The Kier molecular flexibility index (Phi) is 5.46. The van der Waals surface area contributed by atoms with E-state index in [1.165, 1.54) is 10.4 Å². The van der Waals surface area contributed by atoms with Gasteiger partial charge in [-0.25, -0.2) is 8.42 Å². The van der Waals surface area contributed by atoms with Gasteiger partial charge in [-0.2, -0.15) is 0 Å². The third-order valence-electron chi connectivity index (χ3n) is 4.30. The Labute approximate surface area is 163 Å². The molecule has 138 valence electrons. The molecule has 0 saturated heterocycles. The third kappa shape index (κ3) is 3.82. The van der Waals surface area contributed by atoms with Gasteiger partial charge < -0.3 is 5.32 Å². The summed E-state index contributed by atoms with van der Waals surface area (Å²) in [4.78, 5) is 12.4. The second kappa shape index (κ2) is 7.47. The summed E-state index contributed by atoms with van der Waals surface area (Å²) in [5, 5.41) is 3.45. The van der Waals surface area contributed by atoms with E-state index in [2.05, 4.69) is 5.32 Å². The van der Waals surface area contributed by atoms with Crippen LogP contribution in [0, 0.1) is 0 Å². The number of halogens is 2. The van der Waals surface area contributed by atoms with Gasteiger partial charge in [0.15, 0.2) is 0 Å². The molecule has 0 bridgehead atoms. The summed E-state index contributed by atoms with van der Waals surface area (Å²) < 4.78 is 26.1. The highest BCUT2D eigenvalue weighted by molar-refractivity contribution is 7.92. The first-order valence-electron chi connectivity index (χ1n) is 8.21. The number of nitrogens with one attached hydrogen (secondary N) is 1. The number of nitrogens with zero attached hydrogens (tertiary/aromatic N) is 1. The number of rotatable bonds is 4. The highest BCUT2D eigenvalue weighted by Crippen LogP contribution is 2.32. The van der Waals surface area contributed by atoms with Crippen LogP contribution in [0.3, 0.4) is 0 Å². The van der Waals surface area contributed by atoms with Crippen molar-refractivity contribution < 1.29 is 13.2 Å². The molecule has 1 amide bonds. The number of anilines is 2. The largest absolute Gasteiger partial charge is 0.322 e. The van der Waals surface area contributed by atoms with Crippen LogP contribution < -0.4 is 9.62 Å². The molecule has 1 aliphatic heterocycles. The summed E-state index contributed by atoms with van der Waals surface area (Å²) in [7, 11) is -3.35. The molecule has 1 N–H and O–H groups in total. The minimum atomic E-state index is -3.35. The standard InChI is InChI=1S/C18H18Cl2N2O3S/c1-2-26(24,25)22-9-3-4-12-5-7-14(11-17(12)22)21-18(23)13-6-8-15(19)16(20)10-13/h5-8,10-11H,2-4,9H2,1H3,(H,21,23). The fourth-order valence-electron chi connectivity index (χ4n) is 2.90. The fraction of sp³-hybridized carbons (Fsp3) is 0.278. The van der Waals surface area contributed by atoms with E-state index in [0.717, 1.165) is 18.4 Å². The summed E-state index contributed by atoms with van der Waals surface area (Å²) in [5.74, 6) is -0.309. The van der Waals surface area contributed by atoms with E-state index in [4.69, 9.17) is 23.2 Å². The molecule has 0 spiro atoms. The molecule has 3 rings (SSSR count). The van der Waals surface area contributed by atoms with Gasteiger partial charge in [0, 0.05) is 17.8 Å². The lowest BCUT2D eigenvalue weighted by atomic mass is 10.0. The molecule has 1 aliphatic rings. The van der Waals surface area contributed by atoms with Gasteiger partial charge in [-0.05, 0) is 55.7 Å². The molecule has 0 aliphatic carbocycles. The van der Waals surface area contributed by atoms with Gasteiger partial charge in [0.2, 0.25) is 10.0 Å². The van der Waals surface area contributed by atoms with E-state index >= 15 is 0 Å². The van der Waals surface area contributed by atoms with Crippen molar-refractivity contribution in [3.8, 4) is 0 Å². The van der Waals surface area contributed by atoms with Gasteiger partial charge in [-0.3, -0.25) is 9.10 Å². The highest BCUT2D eigenvalue weighted by atomic mass is 35.5. The predicted octanol–water partition coefficient (Wildman–Crippen LogP) is 4.35. The van der Waals surface area contributed by atoms with Crippen molar-refractivity contribution in [3.63, 3.8) is 0 Å². The molecule has 5 nitrogen and oxygen atoms in total. The predicted molar refractivity (Wildman–Crippen MR) is 106 cm³/mol. The van der Waals surface area contributed by atoms with E-state index in [-0.39, 0.29) is 11.7 Å². The van der Waals surface area contributed by atoms with Gasteiger partial charge in [-0.1, -0.05) is 29.3 Å². The molecule has 0 radical (unpaired) electrons. The number of amides is 1. The van der Waals surface area contributed by atoms with E-state index in [9.17, 15) is 13.2 Å². The average molecular weight is 413 g/mol. The number of benzene rings is 2. The molecule has 2 aromatic rings. The zero-order chi connectivity index (χ0) is 18.9. The third-order valence-corrected chi connectivity index (χ3v) is 6.82. The highest BCUT2D eigenvalue weighted by Gasteiger charge is 2.26. The summed E-state index contributed by atoms with van der Waals surface area (Å²) in [6.45, 7) is 2.08. The maximum absolute atomic E-state index is 12.4. The van der Waals surface area contributed by atoms with Crippen molar-refractivity contribution in [2.75, 3.05) is 21.9 Å². The van der Waals surface area contributed by atoms with Crippen LogP contribution >= 0.6 is 23.2 Å². The Morgan fingerprint density at radius 2 is 1.92 bits per heavy atom. The van der Waals surface area contributed by atoms with Gasteiger partial charge in [0.25, 0.3) is 5.91 Å². The molecule has 0 atom stereocenters. The second-order valence-corrected chi connectivity index (χ2v) is 9.00. The number of aryl methyl sites for hydroxylation is 1. The lowest BCUT2D eigenvalue weighted by Gasteiger charge is -2.30. The Bertz CT molecular complexity index is 961.